The van der Waals surface area contributed by atoms with E-state index in [1.807, 2.05) is 30.3 Å². The molecule has 0 saturated heterocycles. The molecule has 230 valence electrons. The molecule has 0 bridgehead atoms. The molecule has 1 spiro atoms. The van der Waals surface area contributed by atoms with Crippen molar-refractivity contribution < 1.29 is 19.0 Å². The van der Waals surface area contributed by atoms with E-state index >= 15 is 0 Å². The molecule has 0 aliphatic carbocycles. The van der Waals surface area contributed by atoms with Gasteiger partial charge in [0.15, 0.2) is 0 Å². The van der Waals surface area contributed by atoms with E-state index in [0.29, 0.717) is 29.3 Å². The minimum absolute atomic E-state index is 0.254. The fraction of sp³-hybridized carbons (Fsp3) is 0.289. The van der Waals surface area contributed by atoms with Crippen molar-refractivity contribution in [3.63, 3.8) is 0 Å². The summed E-state index contributed by atoms with van der Waals surface area (Å²) in [6, 6.07) is 28.3. The maximum Gasteiger partial charge on any atom is 0.343 e. The number of unbranched alkanes of at least 4 members (excludes halogenated alkanes) is 3. The Morgan fingerprint density at radius 2 is 1.56 bits per heavy atom. The number of hydrogen-bond donors (Lipinski definition) is 0. The number of azo groups is 1. The molecule has 4 aromatic rings. The first-order valence-electron chi connectivity index (χ1n) is 15.6. The van der Waals surface area contributed by atoms with E-state index in [1.165, 1.54) is 30.5 Å². The summed E-state index contributed by atoms with van der Waals surface area (Å²) in [5, 5.41) is 8.81. The average molecular weight is 602 g/mol. The van der Waals surface area contributed by atoms with Crippen molar-refractivity contribution in [1.82, 2.24) is 0 Å². The average Bonchev–Trinajstić information content (AvgIpc) is 3.22. The predicted molar refractivity (Wildman–Crippen MR) is 178 cm³/mol. The first kappa shape index (κ1) is 30.1. The fourth-order valence-corrected chi connectivity index (χ4v) is 6.10. The molecule has 2 aliphatic rings. The third kappa shape index (κ3) is 5.95. The molecule has 2 aliphatic heterocycles. The van der Waals surface area contributed by atoms with E-state index in [0.717, 1.165) is 23.5 Å². The lowest BCUT2D eigenvalue weighted by Crippen LogP contribution is -2.58. The number of anilines is 1. The molecule has 0 saturated carbocycles. The van der Waals surface area contributed by atoms with E-state index < -0.39 is 11.7 Å². The normalized spacial score (nSPS) is 17.6. The molecule has 0 aromatic heterocycles. The van der Waals surface area contributed by atoms with Gasteiger partial charge in [-0.05, 0) is 111 Å². The second-order valence-corrected chi connectivity index (χ2v) is 12.1. The molecule has 0 fully saturated rings. The van der Waals surface area contributed by atoms with Gasteiger partial charge in [0.05, 0.1) is 29.0 Å². The number of fused-ring (bicyclic) bond motifs is 2. The van der Waals surface area contributed by atoms with E-state index in [4.69, 9.17) is 14.2 Å². The number of likely N-dealkylation sites (N-methyl/N-ethyl adjacent to an activating group) is 1. The Balaban J connectivity index is 1.06. The van der Waals surface area contributed by atoms with E-state index in [1.54, 1.807) is 36.4 Å². The molecular weight excluding hydrogens is 562 g/mol. The lowest BCUT2D eigenvalue weighted by molar-refractivity contribution is 0.0582. The topological polar surface area (TPSA) is 72.7 Å². The smallest absolute Gasteiger partial charge is 0.343 e. The fourth-order valence-electron chi connectivity index (χ4n) is 6.10. The van der Waals surface area contributed by atoms with Gasteiger partial charge < -0.3 is 19.1 Å². The van der Waals surface area contributed by atoms with Crippen LogP contribution < -0.4 is 19.1 Å². The maximum atomic E-state index is 12.7. The number of para-hydroxylation sites is 1. The third-order valence-electron chi connectivity index (χ3n) is 8.77. The van der Waals surface area contributed by atoms with Gasteiger partial charge in [-0.15, -0.1) is 0 Å². The van der Waals surface area contributed by atoms with Gasteiger partial charge in [-0.1, -0.05) is 44.4 Å². The first-order valence-corrected chi connectivity index (χ1v) is 15.6. The van der Waals surface area contributed by atoms with Crippen LogP contribution in [0.25, 0.3) is 6.08 Å². The Morgan fingerprint density at radius 3 is 2.31 bits per heavy atom. The largest absolute Gasteiger partial charge is 0.494 e. The van der Waals surface area contributed by atoms with Crippen LogP contribution in [0.1, 0.15) is 67.9 Å². The lowest BCUT2D eigenvalue weighted by Gasteiger charge is -2.45. The predicted octanol–water partition coefficient (Wildman–Crippen LogP) is 9.81. The number of carbonyl (C=O) groups is 1. The van der Waals surface area contributed by atoms with Crippen molar-refractivity contribution in [2.75, 3.05) is 18.6 Å². The number of esters is 1. The van der Waals surface area contributed by atoms with Gasteiger partial charge in [0.1, 0.15) is 17.2 Å². The zero-order chi connectivity index (χ0) is 31.4. The molecule has 6 rings (SSSR count). The van der Waals surface area contributed by atoms with E-state index in [9.17, 15) is 4.79 Å². The van der Waals surface area contributed by atoms with Crippen LogP contribution in [0.4, 0.5) is 17.1 Å². The SMILES string of the molecule is CCCCCCOc1ccc(OC(=O)c2ccc(N=Nc3ccc4c(c3)C=CC3(O4)N(C)c4ccccc4C3(C)C)cc2)cc1. The number of carbonyl (C=O) groups excluding carboxylic acids is 1. The summed E-state index contributed by atoms with van der Waals surface area (Å²) < 4.78 is 18.0. The van der Waals surface area contributed by atoms with Crippen molar-refractivity contribution in [2.45, 2.75) is 57.6 Å². The number of hydrogen-bond acceptors (Lipinski definition) is 7. The van der Waals surface area contributed by atoms with Crippen molar-refractivity contribution >= 4 is 29.1 Å². The summed E-state index contributed by atoms with van der Waals surface area (Å²) in [5.41, 5.74) is 4.27. The monoisotopic (exact) mass is 601 g/mol. The molecule has 0 radical (unpaired) electrons. The third-order valence-corrected chi connectivity index (χ3v) is 8.77. The van der Waals surface area contributed by atoms with Crippen LogP contribution >= 0.6 is 0 Å². The van der Waals surface area contributed by atoms with Crippen LogP contribution in [-0.2, 0) is 5.41 Å². The second-order valence-electron chi connectivity index (χ2n) is 12.1. The van der Waals surface area contributed by atoms with Gasteiger partial charge in [-0.25, -0.2) is 4.79 Å². The quantitative estimate of drug-likeness (QED) is 0.0783. The van der Waals surface area contributed by atoms with Crippen molar-refractivity contribution in [3.8, 4) is 17.2 Å². The highest BCUT2D eigenvalue weighted by molar-refractivity contribution is 5.91. The van der Waals surface area contributed by atoms with Gasteiger partial charge in [-0.2, -0.15) is 10.2 Å². The highest BCUT2D eigenvalue weighted by Crippen LogP contribution is 2.54. The molecule has 7 heteroatoms. The van der Waals surface area contributed by atoms with Crippen molar-refractivity contribution in [3.05, 3.63) is 114 Å². The number of benzene rings is 4. The molecule has 0 N–H and O–H groups in total. The highest BCUT2D eigenvalue weighted by Gasteiger charge is 2.57. The van der Waals surface area contributed by atoms with Crippen LogP contribution in [0.2, 0.25) is 0 Å². The van der Waals surface area contributed by atoms with E-state index in [-0.39, 0.29) is 5.41 Å². The Bertz CT molecular complexity index is 1730. The molecule has 1 unspecified atom stereocenters. The summed E-state index contributed by atoms with van der Waals surface area (Å²) in [7, 11) is 2.08. The van der Waals surface area contributed by atoms with Crippen molar-refractivity contribution in [2.24, 2.45) is 10.2 Å². The minimum Gasteiger partial charge on any atom is -0.494 e. The number of rotatable bonds is 10. The molecule has 7 nitrogen and oxygen atoms in total. The van der Waals surface area contributed by atoms with Gasteiger partial charge in [0.25, 0.3) is 0 Å². The van der Waals surface area contributed by atoms with Gasteiger partial charge >= 0.3 is 5.97 Å². The highest BCUT2D eigenvalue weighted by atomic mass is 16.5. The first-order chi connectivity index (χ1) is 21.8. The van der Waals surface area contributed by atoms with Crippen LogP contribution in [0.3, 0.4) is 0 Å². The Kier molecular flexibility index (Phi) is 8.44. The van der Waals surface area contributed by atoms with Gasteiger partial charge in [0.2, 0.25) is 5.72 Å². The number of nitrogens with zero attached hydrogens (tertiary/aromatic N) is 3. The maximum absolute atomic E-state index is 12.7. The summed E-state index contributed by atoms with van der Waals surface area (Å²) in [6.07, 6.45) is 8.88. The molecule has 1 atom stereocenters. The summed E-state index contributed by atoms with van der Waals surface area (Å²) in [6.45, 7) is 7.32. The standard InChI is InChI=1S/C38H39N3O4/c1-5-6-7-10-25-43-31-18-20-32(21-19-31)44-36(42)27-13-15-29(16-14-27)39-40-30-17-22-35-28(26-30)23-24-38(45-35)37(2,3)33-11-8-9-12-34(33)41(38)4/h8-9,11-24,26H,5-7,10,25H2,1-4H3. The molecule has 2 heterocycles. The zero-order valence-corrected chi connectivity index (χ0v) is 26.3. The minimum atomic E-state index is -0.624. The zero-order valence-electron chi connectivity index (χ0n) is 26.3. The lowest BCUT2D eigenvalue weighted by atomic mass is 9.76. The Labute approximate surface area is 265 Å². The molecule has 4 aromatic carbocycles. The van der Waals surface area contributed by atoms with Crippen molar-refractivity contribution in [1.29, 1.82) is 0 Å². The summed E-state index contributed by atoms with van der Waals surface area (Å²) in [4.78, 5) is 14.9. The summed E-state index contributed by atoms with van der Waals surface area (Å²) >= 11 is 0. The Hall–Kier alpha value is -4.91. The van der Waals surface area contributed by atoms with Crippen LogP contribution in [0.15, 0.2) is 107 Å². The molecule has 0 amide bonds. The second kappa shape index (κ2) is 12.6. The molecular formula is C38H39N3O4. The summed E-state index contributed by atoms with van der Waals surface area (Å²) in [5.74, 6) is 1.59. The van der Waals surface area contributed by atoms with E-state index in [2.05, 4.69) is 79.4 Å². The number of ether oxygens (including phenoxy) is 3. The molecule has 45 heavy (non-hydrogen) atoms. The van der Waals surface area contributed by atoms with Crippen LogP contribution in [0, 0.1) is 0 Å². The Morgan fingerprint density at radius 1 is 0.844 bits per heavy atom. The van der Waals surface area contributed by atoms with Crippen LogP contribution in [-0.4, -0.2) is 25.3 Å². The van der Waals surface area contributed by atoms with Crippen LogP contribution in [0.5, 0.6) is 17.2 Å². The van der Waals surface area contributed by atoms with Gasteiger partial charge in [-0.3, -0.25) is 0 Å². The van der Waals surface area contributed by atoms with Gasteiger partial charge in [0, 0.05) is 18.3 Å².